The highest BCUT2D eigenvalue weighted by atomic mass is 16.6. The lowest BCUT2D eigenvalue weighted by atomic mass is 10.2. The van der Waals surface area contributed by atoms with E-state index in [-0.39, 0.29) is 23.7 Å². The van der Waals surface area contributed by atoms with Gasteiger partial charge in [-0.15, -0.1) is 0 Å². The Kier molecular flexibility index (Phi) is 11.1. The van der Waals surface area contributed by atoms with Crippen LogP contribution in [0.15, 0.2) is 12.3 Å². The second-order valence-corrected chi connectivity index (χ2v) is 5.89. The van der Waals surface area contributed by atoms with E-state index >= 15 is 0 Å². The number of ether oxygens (including phenoxy) is 4. The van der Waals surface area contributed by atoms with Crippen molar-refractivity contribution in [2.75, 3.05) is 26.9 Å². The summed E-state index contributed by atoms with van der Waals surface area (Å²) in [5.74, 6) is -1.15. The molecule has 9 nitrogen and oxygen atoms in total. The molecule has 0 aliphatic rings. The molecule has 1 aromatic rings. The first kappa shape index (κ1) is 23.2. The van der Waals surface area contributed by atoms with E-state index in [1.54, 1.807) is 0 Å². The van der Waals surface area contributed by atoms with Gasteiger partial charge in [-0.25, -0.2) is 14.6 Å². The number of pyridine rings is 1. The molecule has 1 N–H and O–H groups in total. The Morgan fingerprint density at radius 1 is 1.04 bits per heavy atom. The number of carbonyl (C=O) groups excluding carboxylic acids is 3. The number of amides is 1. The summed E-state index contributed by atoms with van der Waals surface area (Å²) < 4.78 is 20.2. The first-order chi connectivity index (χ1) is 13.5. The van der Waals surface area contributed by atoms with E-state index in [1.165, 1.54) is 19.4 Å². The van der Waals surface area contributed by atoms with Gasteiger partial charge < -0.3 is 24.3 Å². The van der Waals surface area contributed by atoms with Crippen molar-refractivity contribution in [3.63, 3.8) is 0 Å². The van der Waals surface area contributed by atoms with E-state index in [0.717, 1.165) is 32.1 Å². The Labute approximate surface area is 164 Å². The van der Waals surface area contributed by atoms with Crippen LogP contribution in [0.2, 0.25) is 0 Å². The third-order valence-electron chi connectivity index (χ3n) is 3.58. The number of carbonyl (C=O) groups is 3. The number of nitrogens with one attached hydrogen (secondary N) is 1. The van der Waals surface area contributed by atoms with Crippen LogP contribution in [-0.2, 0) is 14.3 Å². The minimum Gasteiger partial charge on any atom is -0.491 e. The topological polar surface area (TPSA) is 113 Å². The quantitative estimate of drug-likeness (QED) is 0.424. The van der Waals surface area contributed by atoms with Crippen molar-refractivity contribution in [1.82, 2.24) is 10.3 Å². The second-order valence-electron chi connectivity index (χ2n) is 5.89. The number of rotatable bonds is 12. The highest BCUT2D eigenvalue weighted by Gasteiger charge is 2.17. The van der Waals surface area contributed by atoms with Crippen LogP contribution < -0.4 is 14.8 Å². The zero-order chi connectivity index (χ0) is 20.8. The molecule has 0 unspecified atom stereocenters. The molecule has 0 saturated carbocycles. The summed E-state index contributed by atoms with van der Waals surface area (Å²) >= 11 is 0. The number of aromatic nitrogens is 1. The highest BCUT2D eigenvalue weighted by molar-refractivity contribution is 5.89. The predicted molar refractivity (Wildman–Crippen MR) is 100 cm³/mol. The van der Waals surface area contributed by atoms with Gasteiger partial charge >= 0.3 is 18.0 Å². The number of nitrogens with zero attached hydrogens (tertiary/aromatic N) is 1. The maximum absolute atomic E-state index is 12.0. The summed E-state index contributed by atoms with van der Waals surface area (Å²) in [4.78, 5) is 39.2. The molecule has 1 amide bonds. The Hall–Kier alpha value is -2.84. The molecule has 0 aliphatic heterocycles. The molecule has 0 aliphatic carbocycles. The van der Waals surface area contributed by atoms with Crippen molar-refractivity contribution in [3.05, 3.63) is 17.8 Å². The minimum absolute atomic E-state index is 0.0867. The first-order valence-electron chi connectivity index (χ1n) is 9.34. The van der Waals surface area contributed by atoms with Crippen molar-refractivity contribution in [3.8, 4) is 11.6 Å². The van der Waals surface area contributed by atoms with Crippen LogP contribution in [0, 0.1) is 0 Å². The number of esters is 2. The van der Waals surface area contributed by atoms with E-state index in [1.807, 2.05) is 6.92 Å². The molecular formula is C19H28N2O7. The normalized spacial score (nSPS) is 10.1. The zero-order valence-electron chi connectivity index (χ0n) is 16.6. The molecule has 0 bridgehead atoms. The first-order valence-corrected chi connectivity index (χ1v) is 9.34. The van der Waals surface area contributed by atoms with Crippen molar-refractivity contribution >= 4 is 18.0 Å². The van der Waals surface area contributed by atoms with Crippen LogP contribution in [0.1, 0.15) is 56.3 Å². The molecule has 1 rings (SSSR count). The Morgan fingerprint density at radius 2 is 1.75 bits per heavy atom. The maximum atomic E-state index is 12.0. The second kappa shape index (κ2) is 13.3. The fraction of sp³-hybridized carbons (Fsp3) is 0.579. The average molecular weight is 396 g/mol. The van der Waals surface area contributed by atoms with Crippen LogP contribution in [-0.4, -0.2) is 49.9 Å². The molecule has 156 valence electrons. The van der Waals surface area contributed by atoms with E-state index in [9.17, 15) is 14.4 Å². The molecule has 0 radical (unpaired) electrons. The lowest BCUT2D eigenvalue weighted by Crippen LogP contribution is -2.33. The van der Waals surface area contributed by atoms with Gasteiger partial charge in [0.15, 0.2) is 5.75 Å². The Morgan fingerprint density at radius 3 is 2.43 bits per heavy atom. The van der Waals surface area contributed by atoms with Gasteiger partial charge in [0.25, 0.3) is 5.88 Å². The van der Waals surface area contributed by atoms with Gasteiger partial charge in [0.05, 0.1) is 25.9 Å². The van der Waals surface area contributed by atoms with Crippen LogP contribution in [0.25, 0.3) is 0 Å². The van der Waals surface area contributed by atoms with Crippen LogP contribution >= 0.6 is 0 Å². The van der Waals surface area contributed by atoms with E-state index in [2.05, 4.69) is 17.2 Å². The smallest absolute Gasteiger partial charge is 0.414 e. The number of hydrogen-bond donors (Lipinski definition) is 1. The van der Waals surface area contributed by atoms with Gasteiger partial charge in [0.2, 0.25) is 0 Å². The third kappa shape index (κ3) is 8.70. The fourth-order valence-corrected chi connectivity index (χ4v) is 2.02. The SMILES string of the molecule is CCCCCOC(=O)c1cnc(OC(=O)NCC(=O)OCCCC)c(OC)c1. The Balaban J connectivity index is 2.55. The predicted octanol–water partition coefficient (Wildman–Crippen LogP) is 2.87. The molecule has 1 aromatic heterocycles. The summed E-state index contributed by atoms with van der Waals surface area (Å²) in [6.45, 7) is 4.33. The van der Waals surface area contributed by atoms with Gasteiger partial charge in [0, 0.05) is 12.3 Å². The average Bonchev–Trinajstić information content (AvgIpc) is 2.70. The zero-order valence-corrected chi connectivity index (χ0v) is 16.6. The lowest BCUT2D eigenvalue weighted by Gasteiger charge is -2.10. The van der Waals surface area contributed by atoms with Crippen LogP contribution in [0.4, 0.5) is 4.79 Å². The molecule has 1 heterocycles. The molecule has 28 heavy (non-hydrogen) atoms. The summed E-state index contributed by atoms with van der Waals surface area (Å²) in [5.41, 5.74) is 0.181. The van der Waals surface area contributed by atoms with Crippen molar-refractivity contribution in [2.24, 2.45) is 0 Å². The van der Waals surface area contributed by atoms with Gasteiger partial charge in [-0.1, -0.05) is 33.1 Å². The molecule has 0 aromatic carbocycles. The van der Waals surface area contributed by atoms with Gasteiger partial charge in [0.1, 0.15) is 6.54 Å². The van der Waals surface area contributed by atoms with E-state index in [0.29, 0.717) is 13.2 Å². The lowest BCUT2D eigenvalue weighted by molar-refractivity contribution is -0.142. The summed E-state index contributed by atoms with van der Waals surface area (Å²) in [5, 5.41) is 2.26. The van der Waals surface area contributed by atoms with Gasteiger partial charge in [-0.05, 0) is 12.8 Å². The molecule has 0 saturated heterocycles. The Bertz CT molecular complexity index is 649. The molecular weight excluding hydrogens is 368 g/mol. The van der Waals surface area contributed by atoms with Gasteiger partial charge in [-0.2, -0.15) is 0 Å². The van der Waals surface area contributed by atoms with Crippen molar-refractivity contribution < 1.29 is 33.3 Å². The van der Waals surface area contributed by atoms with Crippen molar-refractivity contribution in [2.45, 2.75) is 46.0 Å². The number of methoxy groups -OCH3 is 1. The van der Waals surface area contributed by atoms with E-state index in [4.69, 9.17) is 18.9 Å². The largest absolute Gasteiger partial charge is 0.491 e. The monoisotopic (exact) mass is 396 g/mol. The maximum Gasteiger partial charge on any atom is 0.414 e. The molecule has 9 heteroatoms. The summed E-state index contributed by atoms with van der Waals surface area (Å²) in [6, 6.07) is 1.37. The molecule has 0 spiro atoms. The highest BCUT2D eigenvalue weighted by Crippen LogP contribution is 2.25. The standard InChI is InChI=1S/C19H28N2O7/c1-4-6-8-10-27-18(23)14-11-15(25-3)17(20-12-14)28-19(24)21-13-16(22)26-9-7-5-2/h11-12H,4-10,13H2,1-3H3,(H,21,24). The van der Waals surface area contributed by atoms with Crippen LogP contribution in [0.5, 0.6) is 11.6 Å². The molecule has 0 fully saturated rings. The number of hydrogen-bond acceptors (Lipinski definition) is 8. The summed E-state index contributed by atoms with van der Waals surface area (Å²) in [6.07, 6.45) is 4.77. The fourth-order valence-electron chi connectivity index (χ4n) is 2.02. The van der Waals surface area contributed by atoms with Crippen LogP contribution in [0.3, 0.4) is 0 Å². The van der Waals surface area contributed by atoms with E-state index < -0.39 is 18.0 Å². The third-order valence-corrected chi connectivity index (χ3v) is 3.58. The number of unbranched alkanes of at least 4 members (excludes halogenated alkanes) is 3. The molecule has 0 atom stereocenters. The van der Waals surface area contributed by atoms with Crippen molar-refractivity contribution in [1.29, 1.82) is 0 Å². The minimum atomic E-state index is -0.895. The van der Waals surface area contributed by atoms with Gasteiger partial charge in [-0.3, -0.25) is 4.79 Å². The summed E-state index contributed by atoms with van der Waals surface area (Å²) in [7, 11) is 1.35.